The van der Waals surface area contributed by atoms with Gasteiger partial charge in [-0.25, -0.2) is 13.2 Å². The molecule has 0 saturated carbocycles. The summed E-state index contributed by atoms with van der Waals surface area (Å²) in [5.74, 6) is -3.36. The van der Waals surface area contributed by atoms with Gasteiger partial charge in [0.15, 0.2) is 17.4 Å². The summed E-state index contributed by atoms with van der Waals surface area (Å²) >= 11 is 3.18. The van der Waals surface area contributed by atoms with Gasteiger partial charge in [-0.3, -0.25) is 4.79 Å². The van der Waals surface area contributed by atoms with Gasteiger partial charge in [0.2, 0.25) is 0 Å². The van der Waals surface area contributed by atoms with Crippen molar-refractivity contribution in [2.75, 3.05) is 0 Å². The van der Waals surface area contributed by atoms with Gasteiger partial charge in [-0.15, -0.1) is 0 Å². The third-order valence-corrected chi connectivity index (χ3v) is 3.38. The monoisotopic (exact) mass is 328 g/mol. The summed E-state index contributed by atoms with van der Waals surface area (Å²) in [6.07, 6.45) is -0.210. The van der Waals surface area contributed by atoms with Gasteiger partial charge in [0.25, 0.3) is 0 Å². The molecule has 0 spiro atoms. The molecule has 19 heavy (non-hydrogen) atoms. The number of hydrogen-bond donors (Lipinski definition) is 0. The Kier molecular flexibility index (Phi) is 4.04. The summed E-state index contributed by atoms with van der Waals surface area (Å²) in [7, 11) is 0. The van der Waals surface area contributed by atoms with E-state index in [2.05, 4.69) is 15.9 Å². The summed E-state index contributed by atoms with van der Waals surface area (Å²) in [5.41, 5.74) is 0.0461. The standard InChI is InChI=1S/C14H8BrF3O/c15-11-5-4-9(16)6-8(11)7-13(19)10-2-1-3-12(17)14(10)18/h1-6H,7H2. The van der Waals surface area contributed by atoms with Crippen LogP contribution >= 0.6 is 15.9 Å². The largest absolute Gasteiger partial charge is 0.294 e. The van der Waals surface area contributed by atoms with Gasteiger partial charge >= 0.3 is 0 Å². The molecule has 0 aliphatic rings. The third kappa shape index (κ3) is 3.04. The Balaban J connectivity index is 2.31. The van der Waals surface area contributed by atoms with Gasteiger partial charge in [-0.2, -0.15) is 0 Å². The average molecular weight is 329 g/mol. The molecule has 98 valence electrons. The number of carbonyl (C=O) groups excluding carboxylic acids is 1. The quantitative estimate of drug-likeness (QED) is 0.768. The molecule has 0 atom stereocenters. The molecule has 0 heterocycles. The van der Waals surface area contributed by atoms with Crippen LogP contribution in [0.3, 0.4) is 0 Å². The Morgan fingerprint density at radius 1 is 1.11 bits per heavy atom. The summed E-state index contributed by atoms with van der Waals surface area (Å²) < 4.78 is 40.1. The fourth-order valence-corrected chi connectivity index (χ4v) is 2.05. The highest BCUT2D eigenvalue weighted by Gasteiger charge is 2.16. The van der Waals surface area contributed by atoms with E-state index in [9.17, 15) is 18.0 Å². The molecule has 0 aromatic heterocycles. The molecule has 0 N–H and O–H groups in total. The number of hydrogen-bond acceptors (Lipinski definition) is 1. The number of carbonyl (C=O) groups is 1. The lowest BCUT2D eigenvalue weighted by Crippen LogP contribution is -2.08. The molecule has 0 bridgehead atoms. The second-order valence-corrected chi connectivity index (χ2v) is 4.79. The van der Waals surface area contributed by atoms with Crippen molar-refractivity contribution in [1.29, 1.82) is 0 Å². The Bertz CT molecular complexity index is 641. The molecule has 5 heteroatoms. The summed E-state index contributed by atoms with van der Waals surface area (Å²) in [6, 6.07) is 7.27. The van der Waals surface area contributed by atoms with Crippen LogP contribution in [0.1, 0.15) is 15.9 Å². The lowest BCUT2D eigenvalue weighted by atomic mass is 10.0. The molecule has 0 unspecified atom stereocenters. The lowest BCUT2D eigenvalue weighted by Gasteiger charge is -2.05. The average Bonchev–Trinajstić information content (AvgIpc) is 2.37. The first-order chi connectivity index (χ1) is 8.99. The Hall–Kier alpha value is -1.62. The van der Waals surface area contributed by atoms with Crippen LogP contribution in [-0.4, -0.2) is 5.78 Å². The zero-order chi connectivity index (χ0) is 14.0. The maximum atomic E-state index is 13.5. The molecular weight excluding hydrogens is 321 g/mol. The molecule has 0 amide bonds. The summed E-state index contributed by atoms with van der Waals surface area (Å²) in [6.45, 7) is 0. The molecule has 2 aromatic rings. The zero-order valence-electron chi connectivity index (χ0n) is 9.59. The van der Waals surface area contributed by atoms with Crippen molar-refractivity contribution in [2.45, 2.75) is 6.42 Å². The van der Waals surface area contributed by atoms with Crippen LogP contribution in [0, 0.1) is 17.5 Å². The Labute approximate surface area is 116 Å². The fourth-order valence-electron chi connectivity index (χ4n) is 1.67. The van der Waals surface area contributed by atoms with E-state index in [4.69, 9.17) is 0 Å². The molecule has 0 fully saturated rings. The van der Waals surface area contributed by atoms with E-state index < -0.39 is 23.2 Å². The summed E-state index contributed by atoms with van der Waals surface area (Å²) in [5, 5.41) is 0. The first-order valence-electron chi connectivity index (χ1n) is 5.40. The zero-order valence-corrected chi connectivity index (χ0v) is 11.2. The predicted octanol–water partition coefficient (Wildman–Crippen LogP) is 4.29. The van der Waals surface area contributed by atoms with Crippen LogP contribution in [0.25, 0.3) is 0 Å². The highest BCUT2D eigenvalue weighted by atomic mass is 79.9. The minimum Gasteiger partial charge on any atom is -0.294 e. The molecule has 0 aliphatic heterocycles. The lowest BCUT2D eigenvalue weighted by molar-refractivity contribution is 0.0988. The van der Waals surface area contributed by atoms with Crippen LogP contribution in [0.5, 0.6) is 0 Å². The van der Waals surface area contributed by atoms with E-state index >= 15 is 0 Å². The van der Waals surface area contributed by atoms with Crippen molar-refractivity contribution in [3.05, 3.63) is 69.4 Å². The second-order valence-electron chi connectivity index (χ2n) is 3.94. The van der Waals surface area contributed by atoms with Crippen molar-refractivity contribution in [2.24, 2.45) is 0 Å². The van der Waals surface area contributed by atoms with Gasteiger partial charge in [-0.1, -0.05) is 22.0 Å². The number of rotatable bonds is 3. The topological polar surface area (TPSA) is 17.1 Å². The number of Topliss-reactive ketones (excluding diaryl/α,β-unsaturated/α-hetero) is 1. The molecule has 2 rings (SSSR count). The fraction of sp³-hybridized carbons (Fsp3) is 0.0714. The predicted molar refractivity (Wildman–Crippen MR) is 68.5 cm³/mol. The van der Waals surface area contributed by atoms with Crippen molar-refractivity contribution in [3.63, 3.8) is 0 Å². The maximum Gasteiger partial charge on any atom is 0.170 e. The SMILES string of the molecule is O=C(Cc1cc(F)ccc1Br)c1cccc(F)c1F. The first-order valence-corrected chi connectivity index (χ1v) is 6.19. The smallest absolute Gasteiger partial charge is 0.170 e. The molecule has 1 nitrogen and oxygen atoms in total. The van der Waals surface area contributed by atoms with Crippen molar-refractivity contribution in [1.82, 2.24) is 0 Å². The van der Waals surface area contributed by atoms with Crippen molar-refractivity contribution < 1.29 is 18.0 Å². The van der Waals surface area contributed by atoms with Crippen molar-refractivity contribution in [3.8, 4) is 0 Å². The van der Waals surface area contributed by atoms with Gasteiger partial charge in [-0.05, 0) is 35.9 Å². The number of ketones is 1. The third-order valence-electron chi connectivity index (χ3n) is 2.61. The van der Waals surface area contributed by atoms with E-state index in [-0.39, 0.29) is 12.0 Å². The first kappa shape index (κ1) is 13.8. The van der Waals surface area contributed by atoms with Crippen molar-refractivity contribution >= 4 is 21.7 Å². The maximum absolute atomic E-state index is 13.5. The van der Waals surface area contributed by atoms with Crippen LogP contribution in [0.15, 0.2) is 40.9 Å². The molecular formula is C14H8BrF3O. The number of benzene rings is 2. The summed E-state index contributed by atoms with van der Waals surface area (Å²) in [4.78, 5) is 11.9. The van der Waals surface area contributed by atoms with Gasteiger partial charge in [0, 0.05) is 10.9 Å². The van der Waals surface area contributed by atoms with Gasteiger partial charge < -0.3 is 0 Å². The molecule has 2 aromatic carbocycles. The number of halogens is 4. The van der Waals surface area contributed by atoms with E-state index in [1.54, 1.807) is 0 Å². The Morgan fingerprint density at radius 3 is 2.58 bits per heavy atom. The van der Waals surface area contributed by atoms with Gasteiger partial charge in [0.1, 0.15) is 5.82 Å². The van der Waals surface area contributed by atoms with E-state index in [1.807, 2.05) is 0 Å². The van der Waals surface area contributed by atoms with E-state index in [0.717, 1.165) is 6.07 Å². The Morgan fingerprint density at radius 2 is 1.84 bits per heavy atom. The normalized spacial score (nSPS) is 10.5. The van der Waals surface area contributed by atoms with Gasteiger partial charge in [0.05, 0.1) is 5.56 Å². The highest BCUT2D eigenvalue weighted by Crippen LogP contribution is 2.21. The minimum absolute atomic E-state index is 0.210. The van der Waals surface area contributed by atoms with Crippen LogP contribution < -0.4 is 0 Å². The van der Waals surface area contributed by atoms with E-state index in [1.165, 1.54) is 30.3 Å². The molecule has 0 radical (unpaired) electrons. The van der Waals surface area contributed by atoms with E-state index in [0.29, 0.717) is 10.0 Å². The highest BCUT2D eigenvalue weighted by molar-refractivity contribution is 9.10. The van der Waals surface area contributed by atoms with Crippen LogP contribution in [0.4, 0.5) is 13.2 Å². The molecule has 0 aliphatic carbocycles. The van der Waals surface area contributed by atoms with Crippen LogP contribution in [-0.2, 0) is 6.42 Å². The molecule has 0 saturated heterocycles. The second kappa shape index (κ2) is 5.57. The minimum atomic E-state index is -1.18. The van der Waals surface area contributed by atoms with Crippen LogP contribution in [0.2, 0.25) is 0 Å².